The zero-order chi connectivity index (χ0) is 17.2. The molecule has 128 valence electrons. The lowest BCUT2D eigenvalue weighted by Gasteiger charge is -2.19. The predicted octanol–water partition coefficient (Wildman–Crippen LogP) is 3.70. The molecule has 0 aliphatic carbocycles. The second-order valence-electron chi connectivity index (χ2n) is 6.33. The Labute approximate surface area is 155 Å². The van der Waals surface area contributed by atoms with Crippen molar-refractivity contribution in [2.45, 2.75) is 12.0 Å². The molecule has 6 heteroatoms. The summed E-state index contributed by atoms with van der Waals surface area (Å²) in [5.41, 5.74) is 1.78. The van der Waals surface area contributed by atoms with Crippen molar-refractivity contribution in [1.82, 2.24) is 15.2 Å². The molecule has 4 rings (SSSR count). The summed E-state index contributed by atoms with van der Waals surface area (Å²) in [6.07, 6.45) is 0. The molecule has 1 amide bonds. The molecule has 0 radical (unpaired) electrons. The summed E-state index contributed by atoms with van der Waals surface area (Å²) in [7, 11) is 2.10. The predicted molar refractivity (Wildman–Crippen MR) is 103 cm³/mol. The van der Waals surface area contributed by atoms with Crippen molar-refractivity contribution in [2.24, 2.45) is 0 Å². The van der Waals surface area contributed by atoms with E-state index in [1.165, 1.54) is 16.9 Å². The number of nitrogens with zero attached hydrogens (tertiary/aromatic N) is 2. The fraction of sp³-hybridized carbons (Fsp3) is 0.263. The number of thiophene rings is 1. The van der Waals surface area contributed by atoms with Crippen LogP contribution in [0.1, 0.15) is 22.0 Å². The molecule has 2 aromatic heterocycles. The maximum atomic E-state index is 12.7. The van der Waals surface area contributed by atoms with Crippen molar-refractivity contribution in [2.75, 3.05) is 20.1 Å². The number of aromatic nitrogens is 1. The van der Waals surface area contributed by atoms with Gasteiger partial charge in [-0.2, -0.15) is 0 Å². The first-order valence-corrected chi connectivity index (χ1v) is 10.0. The minimum Gasteiger partial charge on any atom is -0.346 e. The molecule has 2 atom stereocenters. The number of likely N-dealkylation sites (tertiary alicyclic amines) is 1. The first-order chi connectivity index (χ1) is 12.2. The topological polar surface area (TPSA) is 45.2 Å². The van der Waals surface area contributed by atoms with Gasteiger partial charge >= 0.3 is 0 Å². The SMILES string of the molecule is CN1C[C@H](NC(=O)c2csc(-c3cccs3)n2)[C@H](c2ccccc2)C1. The van der Waals surface area contributed by atoms with Gasteiger partial charge in [0.15, 0.2) is 0 Å². The second-order valence-corrected chi connectivity index (χ2v) is 8.14. The van der Waals surface area contributed by atoms with E-state index < -0.39 is 0 Å². The van der Waals surface area contributed by atoms with E-state index in [1.807, 2.05) is 29.0 Å². The second kappa shape index (κ2) is 7.07. The minimum atomic E-state index is -0.0831. The molecule has 1 fully saturated rings. The Bertz CT molecular complexity index is 845. The van der Waals surface area contributed by atoms with Gasteiger partial charge in [0, 0.05) is 30.4 Å². The highest BCUT2D eigenvalue weighted by molar-refractivity contribution is 7.20. The molecule has 3 heterocycles. The summed E-state index contributed by atoms with van der Waals surface area (Å²) in [6.45, 7) is 1.81. The summed E-state index contributed by atoms with van der Waals surface area (Å²) in [6, 6.07) is 14.5. The first kappa shape index (κ1) is 16.4. The van der Waals surface area contributed by atoms with Crippen LogP contribution < -0.4 is 5.32 Å². The zero-order valence-corrected chi connectivity index (χ0v) is 15.5. The first-order valence-electron chi connectivity index (χ1n) is 8.24. The number of hydrogen-bond acceptors (Lipinski definition) is 5. The van der Waals surface area contributed by atoms with E-state index in [1.54, 1.807) is 11.3 Å². The molecule has 1 aromatic carbocycles. The van der Waals surface area contributed by atoms with Gasteiger partial charge in [-0.25, -0.2) is 4.98 Å². The molecular formula is C19H19N3OS2. The summed E-state index contributed by atoms with van der Waals surface area (Å²) < 4.78 is 0. The Balaban J connectivity index is 1.50. The number of carbonyl (C=O) groups excluding carboxylic acids is 1. The van der Waals surface area contributed by atoms with Crippen molar-refractivity contribution < 1.29 is 4.79 Å². The monoisotopic (exact) mass is 369 g/mol. The van der Waals surface area contributed by atoms with Crippen LogP contribution in [0.3, 0.4) is 0 Å². The maximum Gasteiger partial charge on any atom is 0.271 e. The van der Waals surface area contributed by atoms with E-state index in [0.717, 1.165) is 23.0 Å². The minimum absolute atomic E-state index is 0.0831. The van der Waals surface area contributed by atoms with E-state index in [2.05, 4.69) is 46.5 Å². The maximum absolute atomic E-state index is 12.7. The standard InChI is InChI=1S/C19H19N3OS2/c1-22-10-14(13-6-3-2-4-7-13)15(11-22)20-18(23)16-12-25-19(21-16)17-8-5-9-24-17/h2-9,12,14-15H,10-11H2,1H3,(H,20,23)/t14-,15-/m0/s1. The third kappa shape index (κ3) is 3.51. The van der Waals surface area contributed by atoms with Gasteiger partial charge in [0.2, 0.25) is 0 Å². The molecular weight excluding hydrogens is 350 g/mol. The number of amides is 1. The Morgan fingerprint density at radius 3 is 2.76 bits per heavy atom. The van der Waals surface area contributed by atoms with Crippen molar-refractivity contribution in [3.8, 4) is 9.88 Å². The Morgan fingerprint density at radius 2 is 2.00 bits per heavy atom. The van der Waals surface area contributed by atoms with Crippen LogP contribution in [0.2, 0.25) is 0 Å². The van der Waals surface area contributed by atoms with Gasteiger partial charge in [-0.05, 0) is 24.1 Å². The molecule has 4 nitrogen and oxygen atoms in total. The Kier molecular flexibility index (Phi) is 4.65. The van der Waals surface area contributed by atoms with E-state index in [-0.39, 0.29) is 11.9 Å². The van der Waals surface area contributed by atoms with Crippen LogP contribution in [0.5, 0.6) is 0 Å². The lowest BCUT2D eigenvalue weighted by atomic mass is 9.94. The quantitative estimate of drug-likeness (QED) is 0.763. The van der Waals surface area contributed by atoms with Gasteiger partial charge in [-0.3, -0.25) is 4.79 Å². The van der Waals surface area contributed by atoms with Crippen LogP contribution in [0, 0.1) is 0 Å². The molecule has 0 saturated carbocycles. The molecule has 1 aliphatic rings. The molecule has 1 N–H and O–H groups in total. The van der Waals surface area contributed by atoms with Crippen LogP contribution in [0.25, 0.3) is 9.88 Å². The summed E-state index contributed by atoms with van der Waals surface area (Å²) in [5, 5.41) is 7.98. The lowest BCUT2D eigenvalue weighted by Crippen LogP contribution is -2.39. The molecule has 0 spiro atoms. The average molecular weight is 370 g/mol. The smallest absolute Gasteiger partial charge is 0.271 e. The van der Waals surface area contributed by atoms with Gasteiger partial charge < -0.3 is 10.2 Å². The molecule has 1 aliphatic heterocycles. The molecule has 25 heavy (non-hydrogen) atoms. The van der Waals surface area contributed by atoms with Crippen molar-refractivity contribution in [1.29, 1.82) is 0 Å². The molecule has 3 aromatic rings. The van der Waals surface area contributed by atoms with Crippen LogP contribution >= 0.6 is 22.7 Å². The number of hydrogen-bond donors (Lipinski definition) is 1. The lowest BCUT2D eigenvalue weighted by molar-refractivity contribution is 0.0931. The van der Waals surface area contributed by atoms with Gasteiger partial charge in [0.05, 0.1) is 4.88 Å². The largest absolute Gasteiger partial charge is 0.346 e. The van der Waals surface area contributed by atoms with Crippen LogP contribution in [0.15, 0.2) is 53.2 Å². The van der Waals surface area contributed by atoms with E-state index in [9.17, 15) is 4.79 Å². The molecule has 1 saturated heterocycles. The van der Waals surface area contributed by atoms with E-state index in [4.69, 9.17) is 0 Å². The van der Waals surface area contributed by atoms with Gasteiger partial charge in [-0.1, -0.05) is 36.4 Å². The van der Waals surface area contributed by atoms with E-state index in [0.29, 0.717) is 11.6 Å². The van der Waals surface area contributed by atoms with Crippen molar-refractivity contribution in [3.05, 3.63) is 64.5 Å². The zero-order valence-electron chi connectivity index (χ0n) is 13.9. The summed E-state index contributed by atoms with van der Waals surface area (Å²) in [4.78, 5) is 20.6. The number of rotatable bonds is 4. The van der Waals surface area contributed by atoms with Crippen molar-refractivity contribution >= 4 is 28.6 Å². The summed E-state index contributed by atoms with van der Waals surface area (Å²) in [5.74, 6) is 0.228. The number of carbonyl (C=O) groups is 1. The third-order valence-corrected chi connectivity index (χ3v) is 6.40. The third-order valence-electron chi connectivity index (χ3n) is 4.52. The van der Waals surface area contributed by atoms with Crippen LogP contribution in [-0.2, 0) is 0 Å². The number of nitrogens with one attached hydrogen (secondary N) is 1. The average Bonchev–Trinajstić information content (AvgIpc) is 3.36. The Hall–Kier alpha value is -2.02. The highest BCUT2D eigenvalue weighted by atomic mass is 32.1. The molecule has 0 unspecified atom stereocenters. The normalized spacial score (nSPS) is 20.7. The fourth-order valence-corrected chi connectivity index (χ4v) is 4.93. The van der Waals surface area contributed by atoms with Gasteiger partial charge in [-0.15, -0.1) is 22.7 Å². The Morgan fingerprint density at radius 1 is 1.16 bits per heavy atom. The highest BCUT2D eigenvalue weighted by Gasteiger charge is 2.33. The van der Waals surface area contributed by atoms with Crippen LogP contribution in [0.4, 0.5) is 0 Å². The van der Waals surface area contributed by atoms with Gasteiger partial charge in [0.25, 0.3) is 5.91 Å². The number of benzene rings is 1. The fourth-order valence-electron chi connectivity index (χ4n) is 3.32. The summed E-state index contributed by atoms with van der Waals surface area (Å²) >= 11 is 3.16. The van der Waals surface area contributed by atoms with Gasteiger partial charge in [0.1, 0.15) is 10.7 Å². The number of thiazole rings is 1. The van der Waals surface area contributed by atoms with Crippen molar-refractivity contribution in [3.63, 3.8) is 0 Å². The highest BCUT2D eigenvalue weighted by Crippen LogP contribution is 2.29. The van der Waals surface area contributed by atoms with E-state index >= 15 is 0 Å². The molecule has 0 bridgehead atoms. The number of likely N-dealkylation sites (N-methyl/N-ethyl adjacent to an activating group) is 1. The van der Waals surface area contributed by atoms with Crippen LogP contribution in [-0.4, -0.2) is 42.0 Å².